The van der Waals surface area contributed by atoms with Gasteiger partial charge in [-0.3, -0.25) is 4.99 Å². The highest BCUT2D eigenvalue weighted by Crippen LogP contribution is 2.16. The molecule has 1 saturated carbocycles. The van der Waals surface area contributed by atoms with Crippen LogP contribution in [0.3, 0.4) is 0 Å². The minimum atomic E-state index is 0. The van der Waals surface area contributed by atoms with E-state index in [1.807, 2.05) is 88.5 Å². The van der Waals surface area contributed by atoms with E-state index in [0.717, 1.165) is 230 Å². The molecule has 1 aliphatic rings. The molecule has 0 bridgehead atoms. The summed E-state index contributed by atoms with van der Waals surface area (Å²) < 4.78 is 0. The first-order valence-corrected chi connectivity index (χ1v) is 34.9. The second-order valence-corrected chi connectivity index (χ2v) is 24.0. The Morgan fingerprint density at radius 3 is 0.907 bits per heavy atom. The Labute approximate surface area is 636 Å². The zero-order chi connectivity index (χ0) is 81.3. The second-order valence-electron chi connectivity index (χ2n) is 24.0. The standard InChI is InChI=1S/C14H30N10.C14H30N8.C12H26N8.C7H16N4.C7H9N3.C7H13N3.C5H12N4.CH4/c1-10(20-15)6-7-14(24-19)9-13(23-18)5-3-4-12(22-17)8-11(2)21-16;1-3-5-12(20-16)6-4-7-13(21-17)10-14(22-18)9-8-11(2)19-15;1-3-10(18-14)8-12(20-16)6-4-5-11(19-15)7-9(2)17-13;1-3-7(11-9)5-4-6(2)10-8;1-9-6-2-4-7(10-8)5-3-6;1-9-6-3-2-4-7(5-6)10-8;1-4(8-6)3-5(2)9-7;/h3-9,15-19H2,1-2H3;3-10,15-18H2,1-2H3;3-8,13-16H2,1-2H3;3-5,8-9H2,1-2H3;2-5,8-9H,1H3;2-5,8H2,1H3;3,6-7H2,1-2H3;1H4/b20-10-,21-11-,22-12+,23-13-,24-14+;19-11-,20-12-,21-13-,22-14+;17-9-,18-10+,19-11+,20-12-;10-6-,11-7+;;9-6?,10-7+;8-4-,9-5+;. The highest BCUT2D eigenvalue weighted by molar-refractivity contribution is 6.09. The van der Waals surface area contributed by atoms with Gasteiger partial charge in [-0.2, -0.15) is 96.9 Å². The normalized spacial score (nSPS) is 15.1. The maximum absolute atomic E-state index is 6.68. The molecule has 0 aromatic heterocycles. The number of nitrogens with two attached hydrogens (primary N) is 18. The Morgan fingerprint density at radius 2 is 0.626 bits per heavy atom. The third-order valence-corrected chi connectivity index (χ3v) is 15.6. The van der Waals surface area contributed by atoms with Crippen molar-refractivity contribution in [3.63, 3.8) is 0 Å². The lowest BCUT2D eigenvalue weighted by atomic mass is 9.96. The van der Waals surface area contributed by atoms with Crippen molar-refractivity contribution in [2.24, 2.45) is 207 Å². The van der Waals surface area contributed by atoms with Gasteiger partial charge in [-0.05, 0) is 208 Å². The Bertz CT molecular complexity index is 3100. The van der Waals surface area contributed by atoms with Crippen LogP contribution >= 0.6 is 0 Å². The van der Waals surface area contributed by atoms with Crippen LogP contribution in [-0.2, 0) is 0 Å². The highest BCUT2D eigenvalue weighted by atomic mass is 15.2. The number of hydrazone groups is 18. The zero-order valence-corrected chi connectivity index (χ0v) is 65.7. The van der Waals surface area contributed by atoms with Crippen molar-refractivity contribution in [2.45, 2.75) is 263 Å². The fourth-order valence-electron chi connectivity index (χ4n) is 8.95. The summed E-state index contributed by atoms with van der Waals surface area (Å²) in [6.45, 7) is 19.1. The molecule has 0 saturated heterocycles. The summed E-state index contributed by atoms with van der Waals surface area (Å²) in [5.41, 5.74) is 25.4. The third kappa shape index (κ3) is 61.9. The highest BCUT2D eigenvalue weighted by Gasteiger charge is 2.14. The summed E-state index contributed by atoms with van der Waals surface area (Å²) in [5, 5.41) is 72.6. The van der Waals surface area contributed by atoms with E-state index in [-0.39, 0.29) is 7.43 Å². The van der Waals surface area contributed by atoms with Crippen molar-refractivity contribution in [3.05, 3.63) is 24.3 Å². The maximum atomic E-state index is 6.68. The molecular weight excluding hydrogens is 1370 g/mol. The van der Waals surface area contributed by atoms with Crippen molar-refractivity contribution >= 4 is 120 Å². The number of nitrogens with one attached hydrogen (secondary N) is 2. The van der Waals surface area contributed by atoms with Crippen molar-refractivity contribution in [3.8, 4) is 0 Å². The molecule has 0 aliphatic heterocycles. The molecule has 608 valence electrons. The van der Waals surface area contributed by atoms with Gasteiger partial charge in [0.1, 0.15) is 0 Å². The fourth-order valence-corrected chi connectivity index (χ4v) is 8.95. The van der Waals surface area contributed by atoms with Gasteiger partial charge in [-0.25, -0.2) is 5.53 Å². The van der Waals surface area contributed by atoms with Crippen molar-refractivity contribution in [1.29, 1.82) is 5.53 Å². The van der Waals surface area contributed by atoms with Gasteiger partial charge in [-0.15, -0.1) is 0 Å². The average molecular weight is 1510 g/mol. The summed E-state index contributed by atoms with van der Waals surface area (Å²) in [5.74, 6) is 94.7. The van der Waals surface area contributed by atoms with Gasteiger partial charge in [0.15, 0.2) is 0 Å². The van der Waals surface area contributed by atoms with E-state index < -0.39 is 0 Å². The zero-order valence-electron chi connectivity index (χ0n) is 65.7. The summed E-state index contributed by atoms with van der Waals surface area (Å²) in [6, 6.07) is 7.35. The Kier molecular flexibility index (Phi) is 74.3. The molecule has 40 heteroatoms. The lowest BCUT2D eigenvalue weighted by Crippen LogP contribution is -2.15. The number of hydrogen-bond donors (Lipinski definition) is 20. The smallest absolute Gasteiger partial charge is 0.0851 e. The minimum Gasteiger partial charge on any atom is -0.388 e. The number of anilines is 1. The largest absolute Gasteiger partial charge is 0.388 e. The molecule has 1 aliphatic carbocycles. The monoisotopic (exact) mass is 1510 g/mol. The molecule has 107 heavy (non-hydrogen) atoms. The lowest BCUT2D eigenvalue weighted by molar-refractivity contribution is 0.861. The lowest BCUT2D eigenvalue weighted by Gasteiger charge is -2.13. The molecule has 40 nitrogen and oxygen atoms in total. The third-order valence-electron chi connectivity index (χ3n) is 15.6. The predicted octanol–water partition coefficient (Wildman–Crippen LogP) is 7.21. The number of rotatable bonds is 39. The molecule has 1 aromatic carbocycles. The van der Waals surface area contributed by atoms with Crippen molar-refractivity contribution < 1.29 is 0 Å². The van der Waals surface area contributed by atoms with Crippen LogP contribution in [0.1, 0.15) is 263 Å². The predicted molar refractivity (Wildman–Crippen MR) is 461 cm³/mol. The van der Waals surface area contributed by atoms with E-state index in [1.165, 1.54) is 5.71 Å². The van der Waals surface area contributed by atoms with Gasteiger partial charge in [0.2, 0.25) is 0 Å². The molecule has 0 radical (unpaired) electrons. The molecule has 1 aromatic rings. The van der Waals surface area contributed by atoms with E-state index >= 15 is 0 Å². The van der Waals surface area contributed by atoms with Crippen LogP contribution in [0.15, 0.2) is 126 Å². The number of benzene rings is 1. The van der Waals surface area contributed by atoms with Gasteiger partial charge >= 0.3 is 0 Å². The number of aliphatic imine (C=N–C) groups is 1. The maximum Gasteiger partial charge on any atom is 0.0851 e. The summed E-state index contributed by atoms with van der Waals surface area (Å²) in [7, 11) is 3.68. The van der Waals surface area contributed by atoms with Gasteiger partial charge in [0.25, 0.3) is 0 Å². The van der Waals surface area contributed by atoms with Gasteiger partial charge in [0.05, 0.1) is 5.69 Å². The summed E-state index contributed by atoms with van der Waals surface area (Å²) in [4.78, 5) is 4.13. The van der Waals surface area contributed by atoms with Crippen LogP contribution < -0.4 is 110 Å². The topological polar surface area (TPSA) is 751 Å². The first-order valence-electron chi connectivity index (χ1n) is 34.9. The molecule has 38 N–H and O–H groups in total. The van der Waals surface area contributed by atoms with Gasteiger partial charge in [0, 0.05) is 173 Å². The van der Waals surface area contributed by atoms with Crippen molar-refractivity contribution in [1.82, 2.24) is 0 Å². The van der Waals surface area contributed by atoms with Crippen LogP contribution in [0.5, 0.6) is 0 Å². The van der Waals surface area contributed by atoms with Gasteiger partial charge in [-0.1, -0.05) is 34.6 Å². The first-order chi connectivity index (χ1) is 50.9. The summed E-state index contributed by atoms with van der Waals surface area (Å²) in [6.07, 6.45) is 23.1. The molecule has 0 spiro atoms. The first kappa shape index (κ1) is 107. The van der Waals surface area contributed by atoms with Gasteiger partial charge < -0.3 is 110 Å². The molecule has 2 rings (SSSR count). The second kappa shape index (κ2) is 74.5. The Morgan fingerprint density at radius 1 is 0.336 bits per heavy atom. The SMILES string of the molecule is C.C/C(C/C(C)=N/N)=N/N.C/C(CC/C(C/C(CCC/C(C/C(C)=N\N)=N\N)=N\N)=N\N)=N/N.CC/C(C/C(CCC/C(C/C(C)=N\N)=N\N)=N\N)=N\N.CC/C(CC/C(C)=N\N)=N\N.CCC/C(CCC/C(C/C(CC/C(C)=N\N)=N/N)=N/N)=N/N.CN=C1CCC/C(=N\N)C1.CNc1ccc(N=N)cc1. The van der Waals surface area contributed by atoms with Crippen LogP contribution in [0.25, 0.3) is 0 Å². The van der Waals surface area contributed by atoms with Crippen molar-refractivity contribution in [2.75, 3.05) is 19.4 Å². The van der Waals surface area contributed by atoms with Crippen LogP contribution in [-0.4, -0.2) is 123 Å². The molecule has 0 amide bonds. The molecular formula is C67H140N40. The summed E-state index contributed by atoms with van der Waals surface area (Å²) >= 11 is 0. The van der Waals surface area contributed by atoms with E-state index in [0.29, 0.717) is 69.9 Å². The Hall–Kier alpha value is -11.2. The van der Waals surface area contributed by atoms with E-state index in [1.54, 1.807) is 12.1 Å². The van der Waals surface area contributed by atoms with Crippen LogP contribution in [0.2, 0.25) is 0 Å². The average Bonchev–Trinajstić information content (AvgIpc) is 0.948. The molecule has 0 atom stereocenters. The fraction of sp³-hybridized carbons (Fsp3) is 0.627. The van der Waals surface area contributed by atoms with E-state index in [4.69, 9.17) is 111 Å². The van der Waals surface area contributed by atoms with Crippen LogP contribution in [0, 0.1) is 5.53 Å². The Balaban J connectivity index is -0.000000286. The van der Waals surface area contributed by atoms with E-state index in [9.17, 15) is 0 Å². The minimum absolute atomic E-state index is 0. The van der Waals surface area contributed by atoms with Crippen LogP contribution in [0.4, 0.5) is 11.4 Å². The quantitative estimate of drug-likeness (QED) is 0.0134. The number of nitrogens with zero attached hydrogens (tertiary/aromatic N) is 20. The molecule has 0 unspecified atom stereocenters. The molecule has 0 heterocycles. The molecule has 1 fully saturated rings. The number of hydrogen-bond acceptors (Lipinski definition) is 40. The van der Waals surface area contributed by atoms with E-state index in [2.05, 4.69) is 114 Å².